The fourth-order valence-electron chi connectivity index (χ4n) is 3.43. The molecule has 1 saturated heterocycles. The number of amides is 3. The quantitative estimate of drug-likeness (QED) is 0.387. The molecule has 1 fully saturated rings. The van der Waals surface area contributed by atoms with Crippen LogP contribution in [0, 0.1) is 0 Å². The molecule has 152 valence electrons. The van der Waals surface area contributed by atoms with Gasteiger partial charge in [-0.1, -0.05) is 65.3 Å². The Morgan fingerprint density at radius 2 is 1.80 bits per heavy atom. The maximum Gasteiger partial charge on any atom is 0.329 e. The first-order valence-corrected chi connectivity index (χ1v) is 10.6. The minimum absolute atomic E-state index is 0.262. The number of nitrogens with one attached hydrogen (secondary N) is 1. The van der Waals surface area contributed by atoms with Gasteiger partial charge >= 0.3 is 6.03 Å². The molecule has 1 N–H and O–H groups in total. The number of halogens is 1. The third-order valence-corrected chi connectivity index (χ3v) is 5.47. The first kappa shape index (κ1) is 20.2. The van der Waals surface area contributed by atoms with E-state index < -0.39 is 0 Å². The van der Waals surface area contributed by atoms with E-state index in [4.69, 9.17) is 4.74 Å². The third-order valence-electron chi connectivity index (χ3n) is 4.94. The Morgan fingerprint density at radius 1 is 1.03 bits per heavy atom. The molecule has 5 nitrogen and oxygen atoms in total. The molecule has 0 spiro atoms. The molecule has 0 bridgehead atoms. The number of hydrogen-bond acceptors (Lipinski definition) is 3. The van der Waals surface area contributed by atoms with Gasteiger partial charge in [0, 0.05) is 16.6 Å². The van der Waals surface area contributed by atoms with Gasteiger partial charge in [0.15, 0.2) is 0 Å². The first-order chi connectivity index (χ1) is 14.6. The van der Waals surface area contributed by atoms with E-state index in [-0.39, 0.29) is 17.6 Å². The summed E-state index contributed by atoms with van der Waals surface area (Å²) < 4.78 is 7.13. The van der Waals surface area contributed by atoms with Crippen molar-refractivity contribution in [2.75, 3.05) is 6.54 Å². The summed E-state index contributed by atoms with van der Waals surface area (Å²) in [5, 5.41) is 4.68. The lowest BCUT2D eigenvalue weighted by Gasteiger charge is -2.13. The van der Waals surface area contributed by atoms with E-state index in [1.165, 1.54) is 4.90 Å². The molecule has 3 amide bonds. The summed E-state index contributed by atoms with van der Waals surface area (Å²) in [4.78, 5) is 26.1. The molecule has 0 saturated carbocycles. The van der Waals surface area contributed by atoms with Gasteiger partial charge < -0.3 is 10.1 Å². The van der Waals surface area contributed by atoms with Crippen LogP contribution in [-0.4, -0.2) is 23.4 Å². The van der Waals surface area contributed by atoms with E-state index in [0.717, 1.165) is 26.4 Å². The van der Waals surface area contributed by atoms with Crippen LogP contribution in [0.3, 0.4) is 0 Å². The van der Waals surface area contributed by atoms with Crippen molar-refractivity contribution in [2.24, 2.45) is 0 Å². The molecule has 4 rings (SSSR count). The van der Waals surface area contributed by atoms with Crippen molar-refractivity contribution < 1.29 is 14.3 Å². The number of nitrogens with zero attached hydrogens (tertiary/aromatic N) is 1. The Kier molecular flexibility index (Phi) is 5.86. The predicted molar refractivity (Wildman–Crippen MR) is 121 cm³/mol. The van der Waals surface area contributed by atoms with Gasteiger partial charge in [0.25, 0.3) is 5.91 Å². The zero-order chi connectivity index (χ0) is 21.1. The molecule has 30 heavy (non-hydrogen) atoms. The largest absolute Gasteiger partial charge is 0.488 e. The Morgan fingerprint density at radius 3 is 2.57 bits per heavy atom. The number of fused-ring (bicyclic) bond motifs is 1. The van der Waals surface area contributed by atoms with Gasteiger partial charge in [-0.05, 0) is 47.0 Å². The van der Waals surface area contributed by atoms with E-state index in [1.807, 2.05) is 67.6 Å². The molecular formula is C24H21BrN2O3. The summed E-state index contributed by atoms with van der Waals surface area (Å²) in [5.41, 5.74) is 2.06. The number of carbonyl (C=O) groups is 2. The molecule has 1 heterocycles. The van der Waals surface area contributed by atoms with Crippen LogP contribution >= 0.6 is 15.9 Å². The van der Waals surface area contributed by atoms with Gasteiger partial charge in [-0.3, -0.25) is 9.69 Å². The highest BCUT2D eigenvalue weighted by Crippen LogP contribution is 2.31. The summed E-state index contributed by atoms with van der Waals surface area (Å²) >= 11 is 3.44. The predicted octanol–water partition coefficient (Wildman–Crippen LogP) is 5.48. The van der Waals surface area contributed by atoms with Crippen molar-refractivity contribution in [3.63, 3.8) is 0 Å². The van der Waals surface area contributed by atoms with Crippen molar-refractivity contribution in [3.05, 3.63) is 82.0 Å². The first-order valence-electron chi connectivity index (χ1n) is 9.80. The number of benzene rings is 3. The van der Waals surface area contributed by atoms with Crippen molar-refractivity contribution in [1.29, 1.82) is 0 Å². The maximum atomic E-state index is 12.7. The SMILES string of the molecule is CCCN1C(=O)N/C(=C/c2c(OCc3ccc(Br)cc3)ccc3ccccc23)C1=O. The number of imide groups is 1. The van der Waals surface area contributed by atoms with Crippen LogP contribution in [0.15, 0.2) is 70.8 Å². The average Bonchev–Trinajstić information content (AvgIpc) is 3.02. The van der Waals surface area contributed by atoms with E-state index in [2.05, 4.69) is 21.2 Å². The summed E-state index contributed by atoms with van der Waals surface area (Å²) in [7, 11) is 0. The lowest BCUT2D eigenvalue weighted by atomic mass is 10.0. The van der Waals surface area contributed by atoms with Gasteiger partial charge in [-0.25, -0.2) is 4.79 Å². The van der Waals surface area contributed by atoms with E-state index >= 15 is 0 Å². The van der Waals surface area contributed by atoms with Crippen LogP contribution in [0.5, 0.6) is 5.75 Å². The van der Waals surface area contributed by atoms with Gasteiger partial charge in [0.2, 0.25) is 0 Å². The highest BCUT2D eigenvalue weighted by molar-refractivity contribution is 9.10. The van der Waals surface area contributed by atoms with E-state index in [9.17, 15) is 9.59 Å². The summed E-state index contributed by atoms with van der Waals surface area (Å²) in [6, 6.07) is 19.3. The third kappa shape index (κ3) is 4.09. The minimum Gasteiger partial charge on any atom is -0.488 e. The lowest BCUT2D eigenvalue weighted by molar-refractivity contribution is -0.122. The van der Waals surface area contributed by atoms with Crippen LogP contribution in [0.2, 0.25) is 0 Å². The number of hydrogen-bond donors (Lipinski definition) is 1. The van der Waals surface area contributed by atoms with Gasteiger partial charge in [0.1, 0.15) is 18.1 Å². The highest BCUT2D eigenvalue weighted by Gasteiger charge is 2.33. The molecule has 0 aliphatic carbocycles. The molecule has 3 aromatic carbocycles. The number of urea groups is 1. The zero-order valence-corrected chi connectivity index (χ0v) is 18.1. The Balaban J connectivity index is 1.71. The fourth-order valence-corrected chi connectivity index (χ4v) is 3.70. The van der Waals surface area contributed by atoms with E-state index in [1.54, 1.807) is 6.08 Å². The number of ether oxygens (including phenoxy) is 1. The Hall–Kier alpha value is -3.12. The minimum atomic E-state index is -0.384. The monoisotopic (exact) mass is 464 g/mol. The smallest absolute Gasteiger partial charge is 0.329 e. The Labute approximate surface area is 183 Å². The number of rotatable bonds is 6. The summed E-state index contributed by atoms with van der Waals surface area (Å²) in [6.45, 7) is 2.72. The van der Waals surface area contributed by atoms with Crippen molar-refractivity contribution in [2.45, 2.75) is 20.0 Å². The molecule has 3 aromatic rings. The summed E-state index contributed by atoms with van der Waals surface area (Å²) in [5.74, 6) is 0.341. The molecule has 6 heteroatoms. The molecule has 0 radical (unpaired) electrons. The second-order valence-corrected chi connectivity index (χ2v) is 7.97. The number of carbonyl (C=O) groups excluding carboxylic acids is 2. The maximum absolute atomic E-state index is 12.7. The zero-order valence-electron chi connectivity index (χ0n) is 16.5. The van der Waals surface area contributed by atoms with Crippen molar-refractivity contribution in [1.82, 2.24) is 10.2 Å². The standard InChI is InChI=1S/C24H21BrN2O3/c1-2-13-27-23(28)21(26-24(27)29)14-20-19-6-4-3-5-17(19)9-12-22(20)30-15-16-7-10-18(25)11-8-16/h3-12,14H,2,13,15H2,1H3,(H,26,29)/b21-14+. The molecule has 0 aromatic heterocycles. The van der Waals surface area contributed by atoms with Crippen molar-refractivity contribution in [3.8, 4) is 5.75 Å². The average molecular weight is 465 g/mol. The van der Waals surface area contributed by atoms with Crippen LogP contribution in [0.1, 0.15) is 24.5 Å². The molecular weight excluding hydrogens is 444 g/mol. The van der Waals surface area contributed by atoms with Crippen LogP contribution in [0.4, 0.5) is 4.79 Å². The van der Waals surface area contributed by atoms with Crippen LogP contribution in [-0.2, 0) is 11.4 Å². The highest BCUT2D eigenvalue weighted by atomic mass is 79.9. The summed E-state index contributed by atoms with van der Waals surface area (Å²) in [6.07, 6.45) is 2.43. The second kappa shape index (κ2) is 8.71. The Bertz CT molecular complexity index is 1140. The normalized spacial score (nSPS) is 15.1. The van der Waals surface area contributed by atoms with Gasteiger partial charge in [0.05, 0.1) is 0 Å². The molecule has 0 unspecified atom stereocenters. The second-order valence-electron chi connectivity index (χ2n) is 7.06. The fraction of sp³-hybridized carbons (Fsp3) is 0.167. The lowest BCUT2D eigenvalue weighted by Crippen LogP contribution is -2.31. The van der Waals surface area contributed by atoms with E-state index in [0.29, 0.717) is 25.3 Å². The molecule has 1 aliphatic heterocycles. The van der Waals surface area contributed by atoms with Crippen molar-refractivity contribution >= 4 is 44.7 Å². The topological polar surface area (TPSA) is 58.6 Å². The van der Waals surface area contributed by atoms with Gasteiger partial charge in [-0.15, -0.1) is 0 Å². The van der Waals surface area contributed by atoms with Gasteiger partial charge in [-0.2, -0.15) is 0 Å². The van der Waals surface area contributed by atoms with Crippen LogP contribution < -0.4 is 10.1 Å². The molecule has 1 aliphatic rings. The molecule has 0 atom stereocenters. The van der Waals surface area contributed by atoms with Crippen LogP contribution in [0.25, 0.3) is 16.8 Å².